The summed E-state index contributed by atoms with van der Waals surface area (Å²) in [6, 6.07) is 5.89. The first-order valence-corrected chi connectivity index (χ1v) is 6.60. The molecule has 0 spiro atoms. The Balaban J connectivity index is 2.13. The molecule has 1 aliphatic rings. The van der Waals surface area contributed by atoms with Crippen LogP contribution in [0.25, 0.3) is 0 Å². The largest absolute Gasteiger partial charge is 0.497 e. The molecule has 104 valence electrons. The van der Waals surface area contributed by atoms with Crippen molar-refractivity contribution in [2.24, 2.45) is 0 Å². The number of hydrogen-bond acceptors (Lipinski definition) is 4. The van der Waals surface area contributed by atoms with Crippen molar-refractivity contribution >= 4 is 5.97 Å². The van der Waals surface area contributed by atoms with Crippen LogP contribution < -0.4 is 4.74 Å². The smallest absolute Gasteiger partial charge is 0.308 e. The summed E-state index contributed by atoms with van der Waals surface area (Å²) in [6.45, 7) is 2.11. The Hall–Kier alpha value is -1.55. The molecule has 4 nitrogen and oxygen atoms in total. The summed E-state index contributed by atoms with van der Waals surface area (Å²) in [6.07, 6.45) is 1.89. The Bertz CT molecular complexity index is 469. The fourth-order valence-corrected chi connectivity index (χ4v) is 2.58. The van der Waals surface area contributed by atoms with E-state index in [-0.39, 0.29) is 12.4 Å². The van der Waals surface area contributed by atoms with Gasteiger partial charge in [0.1, 0.15) is 5.75 Å². The monoisotopic (exact) mass is 264 g/mol. The molecule has 0 bridgehead atoms. The molecular formula is C15H20O4. The Kier molecular flexibility index (Phi) is 4.10. The average Bonchev–Trinajstić information content (AvgIpc) is 2.37. The van der Waals surface area contributed by atoms with Crippen LogP contribution in [0.3, 0.4) is 0 Å². The minimum absolute atomic E-state index is 0.0531. The van der Waals surface area contributed by atoms with Crippen molar-refractivity contribution < 1.29 is 19.4 Å². The standard InChI is InChI=1S/C15H20O4/c1-3-19-14(16)10-15(17)7-6-11-4-5-13(18-2)8-12(11)9-15/h4-5,8,17H,3,6-7,9-10H2,1-2H3. The van der Waals surface area contributed by atoms with Gasteiger partial charge < -0.3 is 14.6 Å². The molecular weight excluding hydrogens is 244 g/mol. The van der Waals surface area contributed by atoms with Gasteiger partial charge >= 0.3 is 5.97 Å². The summed E-state index contributed by atoms with van der Waals surface area (Å²) < 4.78 is 10.1. The number of fused-ring (bicyclic) bond motifs is 1. The third kappa shape index (κ3) is 3.26. The van der Waals surface area contributed by atoms with E-state index in [0.717, 1.165) is 17.7 Å². The van der Waals surface area contributed by atoms with Crippen LogP contribution in [0.2, 0.25) is 0 Å². The number of benzene rings is 1. The second-order valence-electron chi connectivity index (χ2n) is 5.02. The highest BCUT2D eigenvalue weighted by atomic mass is 16.5. The molecule has 0 heterocycles. The van der Waals surface area contributed by atoms with Crippen molar-refractivity contribution in [3.8, 4) is 5.75 Å². The SMILES string of the molecule is CCOC(=O)CC1(O)CCc2ccc(OC)cc2C1. The van der Waals surface area contributed by atoms with Crippen LogP contribution in [0.1, 0.15) is 30.9 Å². The molecule has 1 aliphatic carbocycles. The second kappa shape index (κ2) is 5.61. The summed E-state index contributed by atoms with van der Waals surface area (Å²) in [4.78, 5) is 11.5. The Morgan fingerprint density at radius 3 is 2.89 bits per heavy atom. The number of hydrogen-bond donors (Lipinski definition) is 1. The van der Waals surface area contributed by atoms with Gasteiger partial charge in [0.25, 0.3) is 0 Å². The van der Waals surface area contributed by atoms with Gasteiger partial charge in [-0.1, -0.05) is 6.07 Å². The van der Waals surface area contributed by atoms with Gasteiger partial charge in [-0.15, -0.1) is 0 Å². The number of carbonyl (C=O) groups is 1. The molecule has 0 aliphatic heterocycles. The van der Waals surface area contributed by atoms with E-state index in [1.54, 1.807) is 14.0 Å². The summed E-state index contributed by atoms with van der Waals surface area (Å²) in [5.41, 5.74) is 1.28. The Morgan fingerprint density at radius 2 is 2.21 bits per heavy atom. The minimum Gasteiger partial charge on any atom is -0.497 e. The normalized spacial score (nSPS) is 21.6. The second-order valence-corrected chi connectivity index (χ2v) is 5.02. The number of rotatable bonds is 4. The maximum atomic E-state index is 11.5. The molecule has 2 rings (SSSR count). The third-order valence-electron chi connectivity index (χ3n) is 3.57. The summed E-state index contributed by atoms with van der Waals surface area (Å²) in [5.74, 6) is 0.440. The molecule has 19 heavy (non-hydrogen) atoms. The molecule has 1 unspecified atom stereocenters. The maximum Gasteiger partial charge on any atom is 0.308 e. The van der Waals surface area contributed by atoms with E-state index < -0.39 is 5.60 Å². The van der Waals surface area contributed by atoms with Crippen molar-refractivity contribution in [2.45, 2.75) is 38.2 Å². The molecule has 0 fully saturated rings. The van der Waals surface area contributed by atoms with Gasteiger partial charge in [-0.25, -0.2) is 0 Å². The number of esters is 1. The van der Waals surface area contributed by atoms with Crippen LogP contribution in [0.15, 0.2) is 18.2 Å². The van der Waals surface area contributed by atoms with E-state index in [4.69, 9.17) is 9.47 Å². The predicted molar refractivity (Wildman–Crippen MR) is 71.2 cm³/mol. The highest BCUT2D eigenvalue weighted by Gasteiger charge is 2.35. The molecule has 0 saturated carbocycles. The van der Waals surface area contributed by atoms with Crippen molar-refractivity contribution in [2.75, 3.05) is 13.7 Å². The fraction of sp³-hybridized carbons (Fsp3) is 0.533. The van der Waals surface area contributed by atoms with E-state index in [0.29, 0.717) is 19.4 Å². The molecule has 0 amide bonds. The van der Waals surface area contributed by atoms with Gasteiger partial charge in [0.05, 0.1) is 25.7 Å². The first-order chi connectivity index (χ1) is 9.06. The molecule has 4 heteroatoms. The number of aryl methyl sites for hydroxylation is 1. The van der Waals surface area contributed by atoms with Gasteiger partial charge in [0.2, 0.25) is 0 Å². The Labute approximate surface area is 113 Å². The zero-order valence-electron chi connectivity index (χ0n) is 11.4. The number of carbonyl (C=O) groups excluding carboxylic acids is 1. The third-order valence-corrected chi connectivity index (χ3v) is 3.57. The van der Waals surface area contributed by atoms with Crippen LogP contribution in [0.4, 0.5) is 0 Å². The lowest BCUT2D eigenvalue weighted by atomic mass is 9.78. The number of aliphatic hydroxyl groups is 1. The van der Waals surface area contributed by atoms with Crippen molar-refractivity contribution in [1.82, 2.24) is 0 Å². The molecule has 0 saturated heterocycles. The van der Waals surface area contributed by atoms with Crippen LogP contribution in [-0.4, -0.2) is 30.4 Å². The maximum absolute atomic E-state index is 11.5. The topological polar surface area (TPSA) is 55.8 Å². The molecule has 0 radical (unpaired) electrons. The van der Waals surface area contributed by atoms with Gasteiger partial charge in [-0.3, -0.25) is 4.79 Å². The number of methoxy groups -OCH3 is 1. The van der Waals surface area contributed by atoms with E-state index in [2.05, 4.69) is 0 Å². The van der Waals surface area contributed by atoms with Gasteiger partial charge in [0, 0.05) is 6.42 Å². The molecule has 1 aromatic rings. The van der Waals surface area contributed by atoms with Crippen LogP contribution in [-0.2, 0) is 22.4 Å². The quantitative estimate of drug-likeness (QED) is 0.843. The molecule has 1 N–H and O–H groups in total. The molecule has 1 atom stereocenters. The van der Waals surface area contributed by atoms with E-state index in [9.17, 15) is 9.90 Å². The van der Waals surface area contributed by atoms with E-state index in [1.165, 1.54) is 5.56 Å². The zero-order chi connectivity index (χ0) is 13.9. The van der Waals surface area contributed by atoms with Crippen LogP contribution in [0, 0.1) is 0 Å². The summed E-state index contributed by atoms with van der Waals surface area (Å²) in [5, 5.41) is 10.5. The van der Waals surface area contributed by atoms with Crippen molar-refractivity contribution in [1.29, 1.82) is 0 Å². The zero-order valence-corrected chi connectivity index (χ0v) is 11.4. The van der Waals surface area contributed by atoms with Gasteiger partial charge in [-0.05, 0) is 43.0 Å². The van der Waals surface area contributed by atoms with Gasteiger partial charge in [-0.2, -0.15) is 0 Å². The lowest BCUT2D eigenvalue weighted by molar-refractivity contribution is -0.149. The minimum atomic E-state index is -0.994. The first kappa shape index (κ1) is 13.9. The molecule has 1 aromatic carbocycles. The highest BCUT2D eigenvalue weighted by molar-refractivity contribution is 5.70. The van der Waals surface area contributed by atoms with Crippen LogP contribution >= 0.6 is 0 Å². The summed E-state index contributed by atoms with van der Waals surface area (Å²) in [7, 11) is 1.62. The van der Waals surface area contributed by atoms with Crippen molar-refractivity contribution in [3.05, 3.63) is 29.3 Å². The summed E-state index contributed by atoms with van der Waals surface area (Å²) >= 11 is 0. The predicted octanol–water partition coefficient (Wildman–Crippen LogP) is 1.87. The lowest BCUT2D eigenvalue weighted by Crippen LogP contribution is -2.38. The average molecular weight is 264 g/mol. The lowest BCUT2D eigenvalue weighted by Gasteiger charge is -2.32. The van der Waals surface area contributed by atoms with Crippen LogP contribution in [0.5, 0.6) is 5.75 Å². The van der Waals surface area contributed by atoms with E-state index >= 15 is 0 Å². The Morgan fingerprint density at radius 1 is 1.42 bits per heavy atom. The van der Waals surface area contributed by atoms with E-state index in [1.807, 2.05) is 18.2 Å². The molecule has 0 aromatic heterocycles. The fourth-order valence-electron chi connectivity index (χ4n) is 2.58. The number of ether oxygens (including phenoxy) is 2. The highest BCUT2D eigenvalue weighted by Crippen LogP contribution is 2.33. The first-order valence-electron chi connectivity index (χ1n) is 6.60. The van der Waals surface area contributed by atoms with Gasteiger partial charge in [0.15, 0.2) is 0 Å². The van der Waals surface area contributed by atoms with Crippen molar-refractivity contribution in [3.63, 3.8) is 0 Å².